The van der Waals surface area contributed by atoms with Gasteiger partial charge in [0.05, 0.1) is 0 Å². The van der Waals surface area contributed by atoms with Crippen molar-refractivity contribution in [3.63, 3.8) is 0 Å². The van der Waals surface area contributed by atoms with Crippen LogP contribution in [0.5, 0.6) is 0 Å². The minimum absolute atomic E-state index is 0.188. The van der Waals surface area contributed by atoms with E-state index in [0.717, 1.165) is 32.4 Å². The summed E-state index contributed by atoms with van der Waals surface area (Å²) in [5, 5.41) is 0. The molecule has 0 spiro atoms. The summed E-state index contributed by atoms with van der Waals surface area (Å²) in [4.78, 5) is 27.0. The predicted molar refractivity (Wildman–Crippen MR) is 67.8 cm³/mol. The van der Waals surface area contributed by atoms with Gasteiger partial charge in [0.1, 0.15) is 5.78 Å². The number of carbonyl (C=O) groups is 2. The summed E-state index contributed by atoms with van der Waals surface area (Å²) in [6.45, 7) is 4.32. The van der Waals surface area contributed by atoms with Gasteiger partial charge in [-0.2, -0.15) is 0 Å². The summed E-state index contributed by atoms with van der Waals surface area (Å²) in [7, 11) is 3.94. The second-order valence-electron chi connectivity index (χ2n) is 5.14. The van der Waals surface area contributed by atoms with E-state index >= 15 is 0 Å². The van der Waals surface area contributed by atoms with Gasteiger partial charge in [0.15, 0.2) is 0 Å². The van der Waals surface area contributed by atoms with Crippen LogP contribution in [0, 0.1) is 5.92 Å². The maximum absolute atomic E-state index is 12.1. The Hall–Kier alpha value is -0.900. The molecule has 1 aliphatic rings. The zero-order valence-electron chi connectivity index (χ0n) is 11.2. The van der Waals surface area contributed by atoms with Crippen molar-refractivity contribution in [2.24, 2.45) is 5.92 Å². The molecule has 1 rings (SSSR count). The number of Topliss-reactive ketones (excluding diaryl/α,β-unsaturated/α-hetero) is 1. The van der Waals surface area contributed by atoms with Gasteiger partial charge in [-0.15, -0.1) is 0 Å². The molecule has 0 aromatic carbocycles. The number of piperidine rings is 1. The molecule has 0 radical (unpaired) electrons. The lowest BCUT2D eigenvalue weighted by atomic mass is 9.95. The number of nitrogens with zero attached hydrogens (tertiary/aromatic N) is 2. The third-order valence-electron chi connectivity index (χ3n) is 3.47. The van der Waals surface area contributed by atoms with Crippen LogP contribution in [-0.4, -0.2) is 55.2 Å². The van der Waals surface area contributed by atoms with Gasteiger partial charge < -0.3 is 14.6 Å². The fourth-order valence-corrected chi connectivity index (χ4v) is 2.24. The second kappa shape index (κ2) is 6.74. The van der Waals surface area contributed by atoms with Gasteiger partial charge in [-0.1, -0.05) is 0 Å². The number of rotatable bonds is 5. The van der Waals surface area contributed by atoms with Crippen molar-refractivity contribution >= 4 is 11.7 Å². The molecule has 1 amide bonds. The minimum Gasteiger partial charge on any atom is -0.346 e. The first-order chi connectivity index (χ1) is 8.00. The summed E-state index contributed by atoms with van der Waals surface area (Å²) in [5.74, 6) is 0.639. The monoisotopic (exact) mass is 240 g/mol. The fraction of sp³-hybridized carbons (Fsp3) is 0.846. The van der Waals surface area contributed by atoms with Crippen molar-refractivity contribution in [1.29, 1.82) is 0 Å². The zero-order valence-corrected chi connectivity index (χ0v) is 11.2. The molecule has 0 unspecified atom stereocenters. The van der Waals surface area contributed by atoms with Gasteiger partial charge in [0.25, 0.3) is 0 Å². The number of carbonyl (C=O) groups excluding carboxylic acids is 2. The van der Waals surface area contributed by atoms with E-state index < -0.39 is 0 Å². The highest BCUT2D eigenvalue weighted by Crippen LogP contribution is 2.18. The number of ketones is 1. The molecule has 0 N–H and O–H groups in total. The normalized spacial score (nSPS) is 18.1. The molecule has 17 heavy (non-hydrogen) atoms. The van der Waals surface area contributed by atoms with E-state index in [1.54, 1.807) is 11.8 Å². The lowest BCUT2D eigenvalue weighted by molar-refractivity contribution is -0.135. The molecule has 1 aliphatic heterocycles. The van der Waals surface area contributed by atoms with E-state index in [9.17, 15) is 9.59 Å². The molecule has 0 aromatic heterocycles. The lowest BCUT2D eigenvalue weighted by Gasteiger charge is -2.30. The smallest absolute Gasteiger partial charge is 0.225 e. The van der Waals surface area contributed by atoms with Crippen LogP contribution in [0.4, 0.5) is 0 Å². The van der Waals surface area contributed by atoms with Crippen LogP contribution in [-0.2, 0) is 9.59 Å². The minimum atomic E-state index is 0.188. The average Bonchev–Trinajstić information content (AvgIpc) is 2.28. The standard InChI is InChI=1S/C13H24N2O2/c1-11(16)5-4-8-15(3)13(17)12-6-9-14(2)10-7-12/h12H,4-10H2,1-3H3. The molecule has 4 heteroatoms. The molecule has 1 heterocycles. The Labute approximate surface area is 104 Å². The third kappa shape index (κ3) is 4.86. The van der Waals surface area contributed by atoms with Crippen molar-refractivity contribution in [2.75, 3.05) is 33.7 Å². The van der Waals surface area contributed by atoms with Crippen molar-refractivity contribution in [3.05, 3.63) is 0 Å². The van der Waals surface area contributed by atoms with Gasteiger partial charge in [0, 0.05) is 25.9 Å². The summed E-state index contributed by atoms with van der Waals surface area (Å²) < 4.78 is 0. The van der Waals surface area contributed by atoms with E-state index in [1.165, 1.54) is 0 Å². The maximum atomic E-state index is 12.1. The van der Waals surface area contributed by atoms with Crippen LogP contribution in [0.1, 0.15) is 32.6 Å². The second-order valence-corrected chi connectivity index (χ2v) is 5.14. The number of hydrogen-bond donors (Lipinski definition) is 0. The van der Waals surface area contributed by atoms with Crippen molar-refractivity contribution in [1.82, 2.24) is 9.80 Å². The van der Waals surface area contributed by atoms with Crippen LogP contribution >= 0.6 is 0 Å². The quantitative estimate of drug-likeness (QED) is 0.724. The van der Waals surface area contributed by atoms with Gasteiger partial charge in [-0.25, -0.2) is 0 Å². The third-order valence-corrected chi connectivity index (χ3v) is 3.47. The predicted octanol–water partition coefficient (Wildman–Crippen LogP) is 1.16. The Morgan fingerprint density at radius 2 is 1.88 bits per heavy atom. The van der Waals surface area contributed by atoms with Crippen LogP contribution < -0.4 is 0 Å². The maximum Gasteiger partial charge on any atom is 0.225 e. The Balaban J connectivity index is 2.28. The Morgan fingerprint density at radius 1 is 1.29 bits per heavy atom. The Morgan fingerprint density at radius 3 is 2.41 bits per heavy atom. The fourth-order valence-electron chi connectivity index (χ4n) is 2.24. The van der Waals surface area contributed by atoms with Gasteiger partial charge in [-0.3, -0.25) is 4.79 Å². The van der Waals surface area contributed by atoms with E-state index in [1.807, 2.05) is 7.05 Å². The van der Waals surface area contributed by atoms with Crippen LogP contribution in [0.25, 0.3) is 0 Å². The molecular weight excluding hydrogens is 216 g/mol. The van der Waals surface area contributed by atoms with Crippen LogP contribution in [0.15, 0.2) is 0 Å². The Bertz CT molecular complexity index is 271. The molecule has 0 bridgehead atoms. The number of amides is 1. The first-order valence-corrected chi connectivity index (χ1v) is 6.43. The Kier molecular flexibility index (Phi) is 5.62. The largest absolute Gasteiger partial charge is 0.346 e. The van der Waals surface area contributed by atoms with Gasteiger partial charge in [0.2, 0.25) is 5.91 Å². The molecule has 0 aliphatic carbocycles. The van der Waals surface area contributed by atoms with E-state index in [0.29, 0.717) is 13.0 Å². The van der Waals surface area contributed by atoms with E-state index in [-0.39, 0.29) is 17.6 Å². The van der Waals surface area contributed by atoms with E-state index in [2.05, 4.69) is 11.9 Å². The highest BCUT2D eigenvalue weighted by Gasteiger charge is 2.25. The summed E-state index contributed by atoms with van der Waals surface area (Å²) >= 11 is 0. The first kappa shape index (κ1) is 14.2. The van der Waals surface area contributed by atoms with Crippen LogP contribution in [0.3, 0.4) is 0 Å². The SMILES string of the molecule is CC(=O)CCCN(C)C(=O)C1CCN(C)CC1. The number of hydrogen-bond acceptors (Lipinski definition) is 3. The molecule has 1 fully saturated rings. The average molecular weight is 240 g/mol. The van der Waals surface area contributed by atoms with Crippen molar-refractivity contribution in [2.45, 2.75) is 32.6 Å². The molecule has 98 valence electrons. The van der Waals surface area contributed by atoms with E-state index in [4.69, 9.17) is 0 Å². The molecular formula is C13H24N2O2. The summed E-state index contributed by atoms with van der Waals surface area (Å²) in [6, 6.07) is 0. The van der Waals surface area contributed by atoms with Crippen LogP contribution in [0.2, 0.25) is 0 Å². The topological polar surface area (TPSA) is 40.6 Å². The highest BCUT2D eigenvalue weighted by molar-refractivity contribution is 5.79. The number of likely N-dealkylation sites (tertiary alicyclic amines) is 1. The van der Waals surface area contributed by atoms with Crippen molar-refractivity contribution in [3.8, 4) is 0 Å². The highest BCUT2D eigenvalue weighted by atomic mass is 16.2. The van der Waals surface area contributed by atoms with Crippen molar-refractivity contribution < 1.29 is 9.59 Å². The molecule has 0 aromatic rings. The van der Waals surface area contributed by atoms with Gasteiger partial charge >= 0.3 is 0 Å². The molecule has 0 saturated carbocycles. The summed E-state index contributed by atoms with van der Waals surface area (Å²) in [5.41, 5.74) is 0. The van der Waals surface area contributed by atoms with Gasteiger partial charge in [-0.05, 0) is 46.3 Å². The summed E-state index contributed by atoms with van der Waals surface area (Å²) in [6.07, 6.45) is 3.29. The zero-order chi connectivity index (χ0) is 12.8. The lowest BCUT2D eigenvalue weighted by Crippen LogP contribution is -2.40. The molecule has 4 nitrogen and oxygen atoms in total. The molecule has 1 saturated heterocycles. The molecule has 0 atom stereocenters. The first-order valence-electron chi connectivity index (χ1n) is 6.43.